The number of amides is 1. The van der Waals surface area contributed by atoms with Gasteiger partial charge in [0.25, 0.3) is 5.56 Å². The van der Waals surface area contributed by atoms with Crippen LogP contribution in [0.15, 0.2) is 29.1 Å². The first kappa shape index (κ1) is 20.8. The van der Waals surface area contributed by atoms with Crippen LogP contribution in [0.4, 0.5) is 24.5 Å². The highest BCUT2D eigenvalue weighted by Crippen LogP contribution is 2.26. The standard InChI is InChI=1S/C19H19F3N4O2S/c1-10-11(2)29-18-16(10)17(28)25-14(26-18)7-8-15(27)24-13-6-4-3-5-12(13)23-9-19(20,21)22/h3-6,23H,7-9H2,1-2H3,(H,24,27)(H,25,26,28). The molecule has 0 aliphatic carbocycles. The summed E-state index contributed by atoms with van der Waals surface area (Å²) in [7, 11) is 0. The number of benzene rings is 1. The highest BCUT2D eigenvalue weighted by atomic mass is 32.1. The van der Waals surface area contributed by atoms with E-state index in [1.54, 1.807) is 12.1 Å². The van der Waals surface area contributed by atoms with E-state index < -0.39 is 18.6 Å². The second kappa shape index (κ2) is 8.24. The van der Waals surface area contributed by atoms with E-state index in [0.717, 1.165) is 10.4 Å². The van der Waals surface area contributed by atoms with Gasteiger partial charge in [-0.15, -0.1) is 11.3 Å². The highest BCUT2D eigenvalue weighted by molar-refractivity contribution is 7.18. The molecular weight excluding hydrogens is 405 g/mol. The van der Waals surface area contributed by atoms with Crippen LogP contribution in [0.1, 0.15) is 22.7 Å². The van der Waals surface area contributed by atoms with Crippen molar-refractivity contribution in [3.63, 3.8) is 0 Å². The molecule has 0 radical (unpaired) electrons. The summed E-state index contributed by atoms with van der Waals surface area (Å²) in [5.74, 6) is -0.00470. The Balaban J connectivity index is 1.67. The Bertz CT molecular complexity index is 1110. The number of thiophene rings is 1. The lowest BCUT2D eigenvalue weighted by atomic mass is 10.2. The third kappa shape index (κ3) is 5.14. The van der Waals surface area contributed by atoms with Crippen LogP contribution < -0.4 is 16.2 Å². The lowest BCUT2D eigenvalue weighted by Crippen LogP contribution is -2.22. The predicted octanol–water partition coefficient (Wildman–Crippen LogP) is 4.15. The smallest absolute Gasteiger partial charge is 0.375 e. The summed E-state index contributed by atoms with van der Waals surface area (Å²) in [5, 5.41) is 5.43. The van der Waals surface area contributed by atoms with E-state index in [1.165, 1.54) is 23.5 Å². The number of aromatic amines is 1. The van der Waals surface area contributed by atoms with Crippen LogP contribution in [0.25, 0.3) is 10.2 Å². The first-order chi connectivity index (χ1) is 13.6. The number of aryl methyl sites for hydroxylation is 3. The number of rotatable bonds is 6. The van der Waals surface area contributed by atoms with Crippen molar-refractivity contribution in [2.45, 2.75) is 32.9 Å². The molecule has 10 heteroatoms. The molecule has 0 aliphatic rings. The van der Waals surface area contributed by atoms with Crippen LogP contribution in [0, 0.1) is 13.8 Å². The largest absolute Gasteiger partial charge is 0.405 e. The molecule has 0 atom stereocenters. The molecule has 0 saturated carbocycles. The number of carbonyl (C=O) groups is 1. The van der Waals surface area contributed by atoms with Crippen LogP contribution in [0.3, 0.4) is 0 Å². The van der Waals surface area contributed by atoms with Crippen molar-refractivity contribution >= 4 is 38.8 Å². The van der Waals surface area contributed by atoms with Crippen LogP contribution in [0.5, 0.6) is 0 Å². The number of hydrogen-bond donors (Lipinski definition) is 3. The van der Waals surface area contributed by atoms with E-state index in [2.05, 4.69) is 20.6 Å². The molecule has 0 aliphatic heterocycles. The fraction of sp³-hybridized carbons (Fsp3) is 0.316. The van der Waals surface area contributed by atoms with Crippen molar-refractivity contribution < 1.29 is 18.0 Å². The second-order valence-electron chi connectivity index (χ2n) is 6.54. The molecule has 0 fully saturated rings. The molecule has 3 aromatic rings. The lowest BCUT2D eigenvalue weighted by Gasteiger charge is -2.14. The molecule has 0 unspecified atom stereocenters. The Morgan fingerprint density at radius 1 is 1.21 bits per heavy atom. The number of carbonyl (C=O) groups excluding carboxylic acids is 1. The maximum Gasteiger partial charge on any atom is 0.405 e. The van der Waals surface area contributed by atoms with Crippen molar-refractivity contribution in [1.82, 2.24) is 9.97 Å². The van der Waals surface area contributed by atoms with Crippen molar-refractivity contribution in [1.29, 1.82) is 0 Å². The van der Waals surface area contributed by atoms with Gasteiger partial charge in [-0.3, -0.25) is 9.59 Å². The zero-order valence-corrected chi connectivity index (χ0v) is 16.6. The Morgan fingerprint density at radius 3 is 2.59 bits per heavy atom. The second-order valence-corrected chi connectivity index (χ2v) is 7.74. The minimum absolute atomic E-state index is 0.0192. The summed E-state index contributed by atoms with van der Waals surface area (Å²) < 4.78 is 37.3. The Labute approximate surface area is 168 Å². The molecule has 154 valence electrons. The van der Waals surface area contributed by atoms with Crippen LogP contribution in [0.2, 0.25) is 0 Å². The average molecular weight is 424 g/mol. The van der Waals surface area contributed by atoms with Crippen molar-refractivity contribution in [2.24, 2.45) is 0 Å². The third-order valence-electron chi connectivity index (χ3n) is 4.36. The van der Waals surface area contributed by atoms with Crippen LogP contribution in [-0.2, 0) is 11.2 Å². The Kier molecular flexibility index (Phi) is 5.92. The van der Waals surface area contributed by atoms with Gasteiger partial charge in [-0.1, -0.05) is 12.1 Å². The van der Waals surface area contributed by atoms with E-state index >= 15 is 0 Å². The van der Waals surface area contributed by atoms with Gasteiger partial charge in [0.15, 0.2) is 0 Å². The number of alkyl halides is 3. The number of halogens is 3. The van der Waals surface area contributed by atoms with Crippen LogP contribution in [-0.4, -0.2) is 28.6 Å². The van der Waals surface area contributed by atoms with Gasteiger partial charge >= 0.3 is 6.18 Å². The van der Waals surface area contributed by atoms with Gasteiger partial charge < -0.3 is 15.6 Å². The summed E-state index contributed by atoms with van der Waals surface area (Å²) in [6.07, 6.45) is -4.15. The number of nitrogens with one attached hydrogen (secondary N) is 3. The van der Waals surface area contributed by atoms with E-state index in [1.807, 2.05) is 13.8 Å². The molecule has 2 heterocycles. The minimum Gasteiger partial charge on any atom is -0.375 e. The molecule has 3 rings (SSSR count). The first-order valence-electron chi connectivity index (χ1n) is 8.82. The molecular formula is C19H19F3N4O2S. The molecule has 3 N–H and O–H groups in total. The third-order valence-corrected chi connectivity index (χ3v) is 5.46. The molecule has 1 aromatic carbocycles. The fourth-order valence-electron chi connectivity index (χ4n) is 2.80. The number of para-hydroxylation sites is 2. The van der Waals surface area contributed by atoms with E-state index in [4.69, 9.17) is 0 Å². The Hall–Kier alpha value is -2.88. The van der Waals surface area contributed by atoms with Gasteiger partial charge in [0, 0.05) is 17.7 Å². The maximum atomic E-state index is 12.4. The van der Waals surface area contributed by atoms with Gasteiger partial charge in [-0.05, 0) is 31.5 Å². The van der Waals surface area contributed by atoms with Crippen molar-refractivity contribution in [2.75, 3.05) is 17.2 Å². The number of fused-ring (bicyclic) bond motifs is 1. The molecule has 2 aromatic heterocycles. The van der Waals surface area contributed by atoms with Crippen molar-refractivity contribution in [3.05, 3.63) is 50.9 Å². The minimum atomic E-state index is -4.37. The van der Waals surface area contributed by atoms with Gasteiger partial charge in [0.1, 0.15) is 17.2 Å². The van der Waals surface area contributed by atoms with Gasteiger partial charge in [-0.25, -0.2) is 4.98 Å². The lowest BCUT2D eigenvalue weighted by molar-refractivity contribution is -0.116. The van der Waals surface area contributed by atoms with Gasteiger partial charge in [0.2, 0.25) is 5.91 Å². The number of hydrogen-bond acceptors (Lipinski definition) is 5. The first-order valence-corrected chi connectivity index (χ1v) is 9.64. The SMILES string of the molecule is Cc1sc2nc(CCC(=O)Nc3ccccc3NCC(F)(F)F)[nH]c(=O)c2c1C. The summed E-state index contributed by atoms with van der Waals surface area (Å²) >= 11 is 1.42. The summed E-state index contributed by atoms with van der Waals surface area (Å²) in [6.45, 7) is 2.58. The van der Waals surface area contributed by atoms with Gasteiger partial charge in [0.05, 0.1) is 16.8 Å². The fourth-order valence-corrected chi connectivity index (χ4v) is 3.85. The molecule has 6 nitrogen and oxygen atoms in total. The monoisotopic (exact) mass is 424 g/mol. The quantitative estimate of drug-likeness (QED) is 0.555. The van der Waals surface area contributed by atoms with Crippen LogP contribution >= 0.6 is 11.3 Å². The number of H-pyrrole nitrogens is 1. The van der Waals surface area contributed by atoms with E-state index in [9.17, 15) is 22.8 Å². The zero-order valence-electron chi connectivity index (χ0n) is 15.7. The molecule has 29 heavy (non-hydrogen) atoms. The average Bonchev–Trinajstić information content (AvgIpc) is 2.93. The van der Waals surface area contributed by atoms with E-state index in [-0.39, 0.29) is 29.8 Å². The van der Waals surface area contributed by atoms with E-state index in [0.29, 0.717) is 16.0 Å². The summed E-state index contributed by atoms with van der Waals surface area (Å²) in [4.78, 5) is 33.3. The molecule has 1 amide bonds. The number of nitrogens with zero attached hydrogens (tertiary/aromatic N) is 1. The van der Waals surface area contributed by atoms with Gasteiger partial charge in [-0.2, -0.15) is 13.2 Å². The highest BCUT2D eigenvalue weighted by Gasteiger charge is 2.27. The maximum absolute atomic E-state index is 12.4. The molecule has 0 spiro atoms. The number of aromatic nitrogens is 2. The predicted molar refractivity (Wildman–Crippen MR) is 108 cm³/mol. The summed E-state index contributed by atoms with van der Waals surface area (Å²) in [5.41, 5.74) is 1.08. The zero-order chi connectivity index (χ0) is 21.2. The molecule has 0 bridgehead atoms. The summed E-state index contributed by atoms with van der Waals surface area (Å²) in [6, 6.07) is 6.15. The molecule has 0 saturated heterocycles. The number of anilines is 2. The normalized spacial score (nSPS) is 11.6. The Morgan fingerprint density at radius 2 is 1.90 bits per heavy atom. The van der Waals surface area contributed by atoms with Crippen molar-refractivity contribution in [3.8, 4) is 0 Å². The topological polar surface area (TPSA) is 86.9 Å².